The molecule has 0 aliphatic carbocycles. The maximum atomic E-state index is 13.3. The Kier molecular flexibility index (Phi) is 7.82. The zero-order valence-corrected chi connectivity index (χ0v) is 19.1. The van der Waals surface area contributed by atoms with Gasteiger partial charge in [-0.2, -0.15) is 18.3 Å². The first-order chi connectivity index (χ1) is 16.5. The number of nitrogens with zero attached hydrogens (tertiary/aromatic N) is 3. The molecular weight excluding hydrogens is 516 g/mol. The molecule has 0 radical (unpaired) electrons. The summed E-state index contributed by atoms with van der Waals surface area (Å²) in [7, 11) is 0. The van der Waals surface area contributed by atoms with Crippen LogP contribution < -0.4 is 16.2 Å². The number of benzene rings is 1. The Hall–Kier alpha value is -3.84. The predicted molar refractivity (Wildman–Crippen MR) is 118 cm³/mol. The van der Waals surface area contributed by atoms with Gasteiger partial charge in [0.15, 0.2) is 11.5 Å². The van der Waals surface area contributed by atoms with Crippen molar-refractivity contribution in [2.24, 2.45) is 0 Å². The van der Waals surface area contributed by atoms with Crippen LogP contribution in [-0.4, -0.2) is 39.3 Å². The predicted octanol–water partition coefficient (Wildman–Crippen LogP) is 4.24. The largest absolute Gasteiger partial charge is 0.449 e. The number of halogens is 5. The van der Waals surface area contributed by atoms with Crippen LogP contribution >= 0.6 is 23.2 Å². The molecule has 0 aliphatic heterocycles. The van der Waals surface area contributed by atoms with Gasteiger partial charge in [-0.3, -0.25) is 15.0 Å². The number of para-hydroxylation sites is 1. The fourth-order valence-electron chi connectivity index (χ4n) is 2.74. The van der Waals surface area contributed by atoms with Crippen LogP contribution in [0.1, 0.15) is 33.5 Å². The van der Waals surface area contributed by atoms with Gasteiger partial charge in [0, 0.05) is 12.3 Å². The van der Waals surface area contributed by atoms with Gasteiger partial charge in [-0.25, -0.2) is 19.9 Å². The number of hydrogen-bond donors (Lipinski definition) is 3. The molecule has 0 bridgehead atoms. The summed E-state index contributed by atoms with van der Waals surface area (Å²) < 4.78 is 45.3. The minimum absolute atomic E-state index is 0.0497. The van der Waals surface area contributed by atoms with Gasteiger partial charge >= 0.3 is 12.3 Å². The zero-order valence-electron chi connectivity index (χ0n) is 17.6. The standard InChI is InChI=1S/C20H15Cl2F3N6O4/c1-2-35-19(34)29-28-17(32)10-5-3-6-11(21)15(10)27-18(33)13-9-14(20(23,24)25)30-31(13)16-12(22)7-4-8-26-16/h3-9H,2H2,1H3,(H,27,33)(H,28,32)(H,29,34). The van der Waals surface area contributed by atoms with Crippen LogP contribution in [0.2, 0.25) is 10.0 Å². The first-order valence-electron chi connectivity index (χ1n) is 9.64. The molecule has 3 aromatic rings. The summed E-state index contributed by atoms with van der Waals surface area (Å²) in [6.45, 7) is 1.60. The molecule has 0 saturated carbocycles. The molecule has 3 rings (SSSR count). The summed E-state index contributed by atoms with van der Waals surface area (Å²) in [4.78, 5) is 40.9. The number of rotatable bonds is 5. The Morgan fingerprint density at radius 1 is 1.06 bits per heavy atom. The second-order valence-corrected chi connectivity index (χ2v) is 7.36. The molecule has 0 fully saturated rings. The van der Waals surface area contributed by atoms with E-state index < -0.39 is 35.5 Å². The van der Waals surface area contributed by atoms with Crippen molar-refractivity contribution < 1.29 is 32.3 Å². The lowest BCUT2D eigenvalue weighted by Gasteiger charge is -2.14. The number of alkyl halides is 3. The summed E-state index contributed by atoms with van der Waals surface area (Å²) in [5.74, 6) is -2.23. The lowest BCUT2D eigenvalue weighted by atomic mass is 10.1. The average Bonchev–Trinajstić information content (AvgIpc) is 3.25. The van der Waals surface area contributed by atoms with Crippen LogP contribution in [0.4, 0.5) is 23.7 Å². The third kappa shape index (κ3) is 6.00. The monoisotopic (exact) mass is 530 g/mol. The van der Waals surface area contributed by atoms with Crippen LogP contribution in [0.25, 0.3) is 5.82 Å². The molecule has 1 aromatic carbocycles. The smallest absolute Gasteiger partial charge is 0.435 e. The third-order valence-electron chi connectivity index (χ3n) is 4.22. The quantitative estimate of drug-likeness (QED) is 0.423. The van der Waals surface area contributed by atoms with E-state index in [0.717, 1.165) is 0 Å². The van der Waals surface area contributed by atoms with Gasteiger partial charge in [0.1, 0.15) is 5.69 Å². The van der Waals surface area contributed by atoms with Crippen molar-refractivity contribution in [3.8, 4) is 5.82 Å². The normalized spacial score (nSPS) is 11.0. The molecule has 3 N–H and O–H groups in total. The molecule has 0 spiro atoms. The third-order valence-corrected chi connectivity index (χ3v) is 4.83. The Morgan fingerprint density at radius 3 is 2.43 bits per heavy atom. The minimum Gasteiger partial charge on any atom is -0.449 e. The maximum Gasteiger partial charge on any atom is 0.435 e. The molecule has 15 heteroatoms. The summed E-state index contributed by atoms with van der Waals surface area (Å²) >= 11 is 12.2. The highest BCUT2D eigenvalue weighted by atomic mass is 35.5. The number of carbonyl (C=O) groups is 3. The van der Waals surface area contributed by atoms with Gasteiger partial charge in [-0.15, -0.1) is 0 Å². The van der Waals surface area contributed by atoms with E-state index in [1.165, 1.54) is 36.5 Å². The van der Waals surface area contributed by atoms with E-state index in [9.17, 15) is 27.6 Å². The van der Waals surface area contributed by atoms with Gasteiger partial charge < -0.3 is 10.1 Å². The van der Waals surface area contributed by atoms with Crippen LogP contribution in [0.3, 0.4) is 0 Å². The number of hydrogen-bond acceptors (Lipinski definition) is 6. The number of pyridine rings is 1. The highest BCUT2D eigenvalue weighted by Crippen LogP contribution is 2.32. The van der Waals surface area contributed by atoms with Crippen LogP contribution in [-0.2, 0) is 10.9 Å². The van der Waals surface area contributed by atoms with E-state index in [0.29, 0.717) is 10.7 Å². The van der Waals surface area contributed by atoms with Crippen molar-refractivity contribution >= 4 is 46.8 Å². The molecule has 3 amide bonds. The van der Waals surface area contributed by atoms with Crippen LogP contribution in [0.5, 0.6) is 0 Å². The average molecular weight is 531 g/mol. The van der Waals surface area contributed by atoms with Crippen molar-refractivity contribution in [1.29, 1.82) is 0 Å². The molecular formula is C20H15Cl2F3N6O4. The van der Waals surface area contributed by atoms with E-state index in [4.69, 9.17) is 23.2 Å². The van der Waals surface area contributed by atoms with Crippen molar-refractivity contribution in [3.63, 3.8) is 0 Å². The van der Waals surface area contributed by atoms with Crippen molar-refractivity contribution in [2.75, 3.05) is 11.9 Å². The molecule has 0 saturated heterocycles. The SMILES string of the molecule is CCOC(=O)NNC(=O)c1cccc(Cl)c1NC(=O)c1cc(C(F)(F)F)nn1-c1ncccc1Cl. The Labute approximate surface area is 205 Å². The molecule has 2 heterocycles. The summed E-state index contributed by atoms with van der Waals surface area (Å²) in [6, 6.07) is 7.28. The number of hydrazine groups is 1. The lowest BCUT2D eigenvalue weighted by molar-refractivity contribution is -0.141. The fourth-order valence-corrected chi connectivity index (χ4v) is 3.16. The fraction of sp³-hybridized carbons (Fsp3) is 0.150. The van der Waals surface area contributed by atoms with Gasteiger partial charge in [0.2, 0.25) is 0 Å². The second kappa shape index (κ2) is 10.6. The molecule has 184 valence electrons. The summed E-state index contributed by atoms with van der Waals surface area (Å²) in [6.07, 6.45) is -4.56. The van der Waals surface area contributed by atoms with E-state index in [2.05, 4.69) is 25.6 Å². The summed E-state index contributed by atoms with van der Waals surface area (Å²) in [5.41, 5.74) is 1.65. The molecule has 0 unspecified atom stereocenters. The second-order valence-electron chi connectivity index (χ2n) is 6.55. The summed E-state index contributed by atoms with van der Waals surface area (Å²) in [5, 5.41) is 5.56. The number of anilines is 1. The van der Waals surface area contributed by atoms with E-state index in [1.807, 2.05) is 5.43 Å². The molecule has 35 heavy (non-hydrogen) atoms. The lowest BCUT2D eigenvalue weighted by Crippen LogP contribution is -2.42. The highest BCUT2D eigenvalue weighted by molar-refractivity contribution is 6.35. The Bertz CT molecular complexity index is 1280. The van der Waals surface area contributed by atoms with E-state index in [1.54, 1.807) is 6.92 Å². The van der Waals surface area contributed by atoms with Crippen molar-refractivity contribution in [2.45, 2.75) is 13.1 Å². The maximum absolute atomic E-state index is 13.3. The topological polar surface area (TPSA) is 127 Å². The number of ether oxygens (including phenoxy) is 1. The Balaban J connectivity index is 1.97. The molecule has 10 nitrogen and oxygen atoms in total. The highest BCUT2D eigenvalue weighted by Gasteiger charge is 2.37. The van der Waals surface area contributed by atoms with Crippen LogP contribution in [0, 0.1) is 0 Å². The van der Waals surface area contributed by atoms with Gasteiger partial charge in [0.05, 0.1) is 27.9 Å². The first-order valence-corrected chi connectivity index (χ1v) is 10.4. The number of nitrogens with one attached hydrogen (secondary N) is 3. The molecule has 0 aliphatic rings. The van der Waals surface area contributed by atoms with E-state index in [-0.39, 0.29) is 33.7 Å². The van der Waals surface area contributed by atoms with Gasteiger partial charge in [-0.1, -0.05) is 29.3 Å². The number of carbonyl (C=O) groups excluding carboxylic acids is 3. The number of aromatic nitrogens is 3. The Morgan fingerprint density at radius 2 is 1.77 bits per heavy atom. The van der Waals surface area contributed by atoms with Crippen molar-refractivity contribution in [3.05, 3.63) is 69.6 Å². The first kappa shape index (κ1) is 25.8. The van der Waals surface area contributed by atoms with E-state index >= 15 is 0 Å². The van der Waals surface area contributed by atoms with Crippen LogP contribution in [0.15, 0.2) is 42.6 Å². The zero-order chi connectivity index (χ0) is 25.8. The molecule has 2 aromatic heterocycles. The molecule has 0 atom stereocenters. The van der Waals surface area contributed by atoms with Gasteiger partial charge in [0.25, 0.3) is 11.8 Å². The number of amides is 3. The minimum atomic E-state index is -4.88. The van der Waals surface area contributed by atoms with Gasteiger partial charge in [-0.05, 0) is 31.2 Å². The van der Waals surface area contributed by atoms with Crippen molar-refractivity contribution in [1.82, 2.24) is 25.6 Å².